The normalized spacial score (nSPS) is 21.6. The van der Waals surface area contributed by atoms with Crippen LogP contribution in [0.5, 0.6) is 0 Å². The van der Waals surface area contributed by atoms with E-state index in [1.54, 1.807) is 6.92 Å². The first kappa shape index (κ1) is 13.0. The molecule has 1 fully saturated rings. The molecular weight excluding hydrogens is 208 g/mol. The number of hydrogen-bond acceptors (Lipinski definition) is 4. The predicted molar refractivity (Wildman–Crippen MR) is 59.9 cm³/mol. The van der Waals surface area contributed by atoms with Crippen molar-refractivity contribution in [3.8, 4) is 0 Å². The van der Waals surface area contributed by atoms with Gasteiger partial charge in [0.15, 0.2) is 0 Å². The molecular formula is C11H20N2O3. The number of esters is 1. The summed E-state index contributed by atoms with van der Waals surface area (Å²) in [7, 11) is 0. The lowest BCUT2D eigenvalue weighted by Crippen LogP contribution is -2.48. The van der Waals surface area contributed by atoms with E-state index in [0.717, 1.165) is 12.8 Å². The molecule has 0 radical (unpaired) electrons. The quantitative estimate of drug-likeness (QED) is 0.503. The van der Waals surface area contributed by atoms with E-state index in [1.165, 1.54) is 0 Å². The Labute approximate surface area is 95.9 Å². The third-order valence-corrected chi connectivity index (χ3v) is 2.61. The molecule has 92 valence electrons. The number of carbonyl (C=O) groups is 2. The van der Waals surface area contributed by atoms with Crippen LogP contribution in [0.2, 0.25) is 0 Å². The van der Waals surface area contributed by atoms with E-state index in [4.69, 9.17) is 4.74 Å². The Morgan fingerprint density at radius 2 is 2.38 bits per heavy atom. The highest BCUT2D eigenvalue weighted by atomic mass is 16.5. The van der Waals surface area contributed by atoms with E-state index in [2.05, 4.69) is 17.6 Å². The Kier molecular flexibility index (Phi) is 5.25. The number of cyclic esters (lactones) is 1. The van der Waals surface area contributed by atoms with E-state index in [0.29, 0.717) is 19.6 Å². The first-order valence-corrected chi connectivity index (χ1v) is 5.85. The molecule has 1 aliphatic rings. The highest BCUT2D eigenvalue weighted by Crippen LogP contribution is 2.06. The molecule has 2 N–H and O–H groups in total. The van der Waals surface area contributed by atoms with Crippen molar-refractivity contribution in [3.63, 3.8) is 0 Å². The first-order valence-electron chi connectivity index (χ1n) is 5.85. The van der Waals surface area contributed by atoms with Crippen molar-refractivity contribution >= 4 is 11.9 Å². The van der Waals surface area contributed by atoms with Gasteiger partial charge in [-0.3, -0.25) is 14.9 Å². The van der Waals surface area contributed by atoms with Gasteiger partial charge in [-0.05, 0) is 13.3 Å². The van der Waals surface area contributed by atoms with Gasteiger partial charge >= 0.3 is 5.97 Å². The van der Waals surface area contributed by atoms with Gasteiger partial charge in [-0.2, -0.15) is 0 Å². The standard InChI is InChI=1S/C11H20N2O3/c1-3-4-6-12-10(14)8(2)13-9-5-7-16-11(9)15/h8-9,13H,3-7H2,1-2H3,(H,12,14). The maximum Gasteiger partial charge on any atom is 0.323 e. The number of ether oxygens (including phenoxy) is 1. The van der Waals surface area contributed by atoms with Crippen molar-refractivity contribution < 1.29 is 14.3 Å². The minimum absolute atomic E-state index is 0.0619. The molecule has 0 saturated carbocycles. The largest absolute Gasteiger partial charge is 0.464 e. The monoisotopic (exact) mass is 228 g/mol. The summed E-state index contributed by atoms with van der Waals surface area (Å²) in [5.41, 5.74) is 0. The number of rotatable bonds is 6. The van der Waals surface area contributed by atoms with Crippen molar-refractivity contribution in [1.82, 2.24) is 10.6 Å². The number of amides is 1. The average Bonchev–Trinajstić information content (AvgIpc) is 2.64. The molecule has 1 heterocycles. The molecule has 0 spiro atoms. The van der Waals surface area contributed by atoms with Gasteiger partial charge in [-0.25, -0.2) is 0 Å². The Hall–Kier alpha value is -1.10. The van der Waals surface area contributed by atoms with E-state index in [1.807, 2.05) is 0 Å². The summed E-state index contributed by atoms with van der Waals surface area (Å²) in [6, 6.07) is -0.681. The second-order valence-corrected chi connectivity index (χ2v) is 4.04. The smallest absolute Gasteiger partial charge is 0.323 e. The van der Waals surface area contributed by atoms with Crippen molar-refractivity contribution in [1.29, 1.82) is 0 Å². The molecule has 1 rings (SSSR count). The molecule has 0 aromatic carbocycles. The molecule has 1 aliphatic heterocycles. The van der Waals surface area contributed by atoms with Crippen LogP contribution >= 0.6 is 0 Å². The van der Waals surface area contributed by atoms with Crippen molar-refractivity contribution in [3.05, 3.63) is 0 Å². The van der Waals surface area contributed by atoms with Crippen LogP contribution in [0.4, 0.5) is 0 Å². The van der Waals surface area contributed by atoms with Crippen LogP contribution < -0.4 is 10.6 Å². The highest BCUT2D eigenvalue weighted by molar-refractivity contribution is 5.83. The van der Waals surface area contributed by atoms with E-state index >= 15 is 0 Å². The summed E-state index contributed by atoms with van der Waals surface area (Å²) < 4.78 is 4.81. The molecule has 5 heteroatoms. The summed E-state index contributed by atoms with van der Waals surface area (Å²) in [5, 5.41) is 5.79. The molecule has 2 atom stereocenters. The zero-order chi connectivity index (χ0) is 12.0. The minimum atomic E-state index is -0.354. The fourth-order valence-corrected chi connectivity index (χ4v) is 1.57. The maximum atomic E-state index is 11.6. The number of nitrogens with one attached hydrogen (secondary N) is 2. The summed E-state index contributed by atoms with van der Waals surface area (Å²) in [5.74, 6) is -0.318. The van der Waals surface area contributed by atoms with Gasteiger partial charge in [0, 0.05) is 13.0 Å². The second-order valence-electron chi connectivity index (χ2n) is 4.04. The molecule has 0 bridgehead atoms. The fourth-order valence-electron chi connectivity index (χ4n) is 1.57. The van der Waals surface area contributed by atoms with Crippen LogP contribution in [-0.4, -0.2) is 37.1 Å². The van der Waals surface area contributed by atoms with Crippen LogP contribution in [-0.2, 0) is 14.3 Å². The summed E-state index contributed by atoms with van der Waals surface area (Å²) in [6.07, 6.45) is 2.67. The molecule has 0 aromatic rings. The molecule has 5 nitrogen and oxygen atoms in total. The fraction of sp³-hybridized carbons (Fsp3) is 0.818. The van der Waals surface area contributed by atoms with Crippen LogP contribution in [0.25, 0.3) is 0 Å². The van der Waals surface area contributed by atoms with Gasteiger partial charge in [-0.15, -0.1) is 0 Å². The zero-order valence-corrected chi connectivity index (χ0v) is 9.91. The first-order chi connectivity index (χ1) is 7.65. The Morgan fingerprint density at radius 3 is 2.94 bits per heavy atom. The SMILES string of the molecule is CCCCNC(=O)C(C)NC1CCOC1=O. The molecule has 16 heavy (non-hydrogen) atoms. The Bertz CT molecular complexity index is 256. The molecule has 0 aliphatic carbocycles. The molecule has 2 unspecified atom stereocenters. The topological polar surface area (TPSA) is 67.4 Å². The van der Waals surface area contributed by atoms with Gasteiger partial charge in [0.25, 0.3) is 0 Å². The van der Waals surface area contributed by atoms with E-state index in [-0.39, 0.29) is 24.0 Å². The Balaban J connectivity index is 2.25. The predicted octanol–water partition coefficient (Wildman–Crippen LogP) is 0.196. The third-order valence-electron chi connectivity index (χ3n) is 2.61. The van der Waals surface area contributed by atoms with E-state index < -0.39 is 0 Å². The number of hydrogen-bond donors (Lipinski definition) is 2. The lowest BCUT2D eigenvalue weighted by molar-refractivity contribution is -0.139. The van der Waals surface area contributed by atoms with Crippen LogP contribution in [0.15, 0.2) is 0 Å². The molecule has 1 saturated heterocycles. The lowest BCUT2D eigenvalue weighted by Gasteiger charge is -2.16. The highest BCUT2D eigenvalue weighted by Gasteiger charge is 2.29. The van der Waals surface area contributed by atoms with Gasteiger partial charge < -0.3 is 10.1 Å². The lowest BCUT2D eigenvalue weighted by atomic mass is 10.2. The summed E-state index contributed by atoms with van der Waals surface area (Å²) in [4.78, 5) is 22.8. The van der Waals surface area contributed by atoms with Crippen LogP contribution in [0.1, 0.15) is 33.1 Å². The summed E-state index contributed by atoms with van der Waals surface area (Å²) >= 11 is 0. The molecule has 1 amide bonds. The van der Waals surface area contributed by atoms with Crippen LogP contribution in [0.3, 0.4) is 0 Å². The zero-order valence-electron chi connectivity index (χ0n) is 9.91. The van der Waals surface area contributed by atoms with Crippen molar-refractivity contribution in [2.45, 2.75) is 45.2 Å². The maximum absolute atomic E-state index is 11.6. The second kappa shape index (κ2) is 6.48. The van der Waals surface area contributed by atoms with Crippen molar-refractivity contribution in [2.75, 3.05) is 13.2 Å². The Morgan fingerprint density at radius 1 is 1.62 bits per heavy atom. The van der Waals surface area contributed by atoms with E-state index in [9.17, 15) is 9.59 Å². The third kappa shape index (κ3) is 3.81. The van der Waals surface area contributed by atoms with Gasteiger partial charge in [0.2, 0.25) is 5.91 Å². The summed E-state index contributed by atoms with van der Waals surface area (Å²) in [6.45, 7) is 4.96. The van der Waals surface area contributed by atoms with Gasteiger partial charge in [-0.1, -0.05) is 13.3 Å². The van der Waals surface area contributed by atoms with Crippen molar-refractivity contribution in [2.24, 2.45) is 0 Å². The van der Waals surface area contributed by atoms with Gasteiger partial charge in [0.1, 0.15) is 6.04 Å². The average molecular weight is 228 g/mol. The number of carbonyl (C=O) groups excluding carboxylic acids is 2. The molecule has 0 aromatic heterocycles. The minimum Gasteiger partial charge on any atom is -0.464 e. The van der Waals surface area contributed by atoms with Crippen LogP contribution in [0, 0.1) is 0 Å². The number of unbranched alkanes of at least 4 members (excludes halogenated alkanes) is 1. The van der Waals surface area contributed by atoms with Gasteiger partial charge in [0.05, 0.1) is 12.6 Å².